The number of nitrogens with zero attached hydrogens (tertiary/aromatic N) is 2. The zero-order valence-electron chi connectivity index (χ0n) is 12.3. The van der Waals surface area contributed by atoms with Gasteiger partial charge in [0.1, 0.15) is 5.82 Å². The molecule has 2 aromatic rings. The number of rotatable bonds is 7. The number of hydrogen-bond donors (Lipinski definition) is 1. The van der Waals surface area contributed by atoms with E-state index in [1.807, 2.05) is 0 Å². The molecule has 0 aliphatic carbocycles. The Labute approximate surface area is 116 Å². The molecular weight excluding hydrogens is 234 g/mol. The van der Waals surface area contributed by atoms with E-state index in [1.54, 1.807) is 0 Å². The lowest BCUT2D eigenvalue weighted by atomic mass is 10.2. The van der Waals surface area contributed by atoms with E-state index >= 15 is 0 Å². The highest BCUT2D eigenvalue weighted by Crippen LogP contribution is 2.17. The van der Waals surface area contributed by atoms with Gasteiger partial charge in [-0.1, -0.05) is 32.9 Å². The third kappa shape index (κ3) is 3.57. The smallest absolute Gasteiger partial charge is 0.109 e. The number of hydrogen-bond acceptors (Lipinski definition) is 2. The van der Waals surface area contributed by atoms with Crippen LogP contribution in [0, 0.1) is 0 Å². The van der Waals surface area contributed by atoms with Crippen molar-refractivity contribution in [3.05, 3.63) is 30.1 Å². The third-order valence-electron chi connectivity index (χ3n) is 3.31. The molecule has 0 amide bonds. The van der Waals surface area contributed by atoms with Gasteiger partial charge >= 0.3 is 0 Å². The Bertz CT molecular complexity index is 514. The Kier molecular flexibility index (Phi) is 4.97. The second-order valence-electron chi connectivity index (χ2n) is 5.38. The first-order chi connectivity index (χ1) is 9.22. The van der Waals surface area contributed by atoms with Gasteiger partial charge in [-0.3, -0.25) is 0 Å². The number of imidazole rings is 1. The van der Waals surface area contributed by atoms with Gasteiger partial charge in [0.15, 0.2) is 0 Å². The summed E-state index contributed by atoms with van der Waals surface area (Å²) < 4.78 is 2.38. The second kappa shape index (κ2) is 6.71. The molecule has 1 N–H and O–H groups in total. The fourth-order valence-corrected chi connectivity index (χ4v) is 2.43. The van der Waals surface area contributed by atoms with Crippen LogP contribution < -0.4 is 5.32 Å². The fourth-order valence-electron chi connectivity index (χ4n) is 2.43. The molecule has 1 aromatic carbocycles. The molecule has 0 aliphatic rings. The van der Waals surface area contributed by atoms with Gasteiger partial charge in [-0.05, 0) is 31.5 Å². The average Bonchev–Trinajstić information content (AvgIpc) is 2.74. The van der Waals surface area contributed by atoms with E-state index in [1.165, 1.54) is 11.3 Å². The van der Waals surface area contributed by atoms with Crippen LogP contribution in [0.5, 0.6) is 0 Å². The lowest BCUT2D eigenvalue weighted by Gasteiger charge is -2.09. The molecule has 0 saturated carbocycles. The van der Waals surface area contributed by atoms with Gasteiger partial charge in [-0.2, -0.15) is 0 Å². The molecule has 3 nitrogen and oxygen atoms in total. The molecule has 1 aromatic heterocycles. The minimum Gasteiger partial charge on any atom is -0.328 e. The van der Waals surface area contributed by atoms with Crippen LogP contribution in [0.3, 0.4) is 0 Å². The lowest BCUT2D eigenvalue weighted by molar-refractivity contribution is 0.556. The summed E-state index contributed by atoms with van der Waals surface area (Å²) in [7, 11) is 0. The van der Waals surface area contributed by atoms with Crippen LogP contribution in [-0.2, 0) is 13.0 Å². The Balaban J connectivity index is 2.10. The average molecular weight is 259 g/mol. The summed E-state index contributed by atoms with van der Waals surface area (Å²) in [5.41, 5.74) is 2.40. The van der Waals surface area contributed by atoms with Gasteiger partial charge in [0.05, 0.1) is 11.0 Å². The number of fused-ring (bicyclic) bond motifs is 1. The molecule has 19 heavy (non-hydrogen) atoms. The van der Waals surface area contributed by atoms with Gasteiger partial charge in [0, 0.05) is 19.0 Å². The van der Waals surface area contributed by atoms with Gasteiger partial charge < -0.3 is 9.88 Å². The molecule has 0 spiro atoms. The summed E-state index contributed by atoms with van der Waals surface area (Å²) in [6, 6.07) is 9.01. The van der Waals surface area contributed by atoms with Crippen molar-refractivity contribution >= 4 is 11.0 Å². The number of benzene rings is 1. The third-order valence-corrected chi connectivity index (χ3v) is 3.31. The molecule has 0 fully saturated rings. The van der Waals surface area contributed by atoms with Crippen molar-refractivity contribution < 1.29 is 0 Å². The lowest BCUT2D eigenvalue weighted by Crippen LogP contribution is -2.24. The molecule has 0 bridgehead atoms. The standard InChI is InChI=1S/C16H25N3/c1-4-12-19-15-9-6-5-8-14(15)18-16(19)10-7-11-17-13(2)3/h5-6,8-9,13,17H,4,7,10-12H2,1-3H3. The van der Waals surface area contributed by atoms with Gasteiger partial charge in [0.2, 0.25) is 0 Å². The van der Waals surface area contributed by atoms with Crippen molar-refractivity contribution in [3.63, 3.8) is 0 Å². The zero-order chi connectivity index (χ0) is 13.7. The fraction of sp³-hybridized carbons (Fsp3) is 0.562. The van der Waals surface area contributed by atoms with E-state index in [-0.39, 0.29) is 0 Å². The van der Waals surface area contributed by atoms with Crippen LogP contribution in [0.1, 0.15) is 39.4 Å². The predicted molar refractivity (Wildman–Crippen MR) is 81.5 cm³/mol. The quantitative estimate of drug-likeness (QED) is 0.773. The highest BCUT2D eigenvalue weighted by Gasteiger charge is 2.09. The van der Waals surface area contributed by atoms with E-state index in [0.29, 0.717) is 6.04 Å². The summed E-state index contributed by atoms with van der Waals surface area (Å²) in [5.74, 6) is 1.23. The molecule has 1 heterocycles. The summed E-state index contributed by atoms with van der Waals surface area (Å²) in [5, 5.41) is 3.46. The normalized spacial score (nSPS) is 11.6. The summed E-state index contributed by atoms with van der Waals surface area (Å²) in [6.45, 7) is 8.72. The van der Waals surface area contributed by atoms with E-state index in [2.05, 4.69) is 54.9 Å². The number of nitrogens with one attached hydrogen (secondary N) is 1. The van der Waals surface area contributed by atoms with Crippen LogP contribution in [0.15, 0.2) is 24.3 Å². The van der Waals surface area contributed by atoms with Crippen LogP contribution in [0.4, 0.5) is 0 Å². The molecule has 104 valence electrons. The molecule has 0 saturated heterocycles. The van der Waals surface area contributed by atoms with Crippen molar-refractivity contribution in [2.24, 2.45) is 0 Å². The topological polar surface area (TPSA) is 29.9 Å². The van der Waals surface area contributed by atoms with Crippen molar-refractivity contribution in [1.29, 1.82) is 0 Å². The minimum absolute atomic E-state index is 0.564. The molecular formula is C16H25N3. The summed E-state index contributed by atoms with van der Waals surface area (Å²) in [4.78, 5) is 4.78. The second-order valence-corrected chi connectivity index (χ2v) is 5.38. The largest absolute Gasteiger partial charge is 0.328 e. The number of aromatic nitrogens is 2. The van der Waals surface area contributed by atoms with Gasteiger partial charge in [-0.25, -0.2) is 4.98 Å². The SMILES string of the molecule is CCCn1c(CCCNC(C)C)nc2ccccc21. The van der Waals surface area contributed by atoms with Gasteiger partial charge in [0.25, 0.3) is 0 Å². The van der Waals surface area contributed by atoms with Crippen LogP contribution >= 0.6 is 0 Å². The maximum absolute atomic E-state index is 4.78. The van der Waals surface area contributed by atoms with E-state index in [0.717, 1.165) is 37.9 Å². The Morgan fingerprint density at radius 1 is 1.26 bits per heavy atom. The monoisotopic (exact) mass is 259 g/mol. The predicted octanol–water partition coefficient (Wildman–Crippen LogP) is 3.38. The zero-order valence-corrected chi connectivity index (χ0v) is 12.3. The number of para-hydroxylation sites is 2. The highest BCUT2D eigenvalue weighted by atomic mass is 15.1. The molecule has 0 unspecified atom stereocenters. The van der Waals surface area contributed by atoms with E-state index < -0.39 is 0 Å². The minimum atomic E-state index is 0.564. The van der Waals surface area contributed by atoms with Gasteiger partial charge in [-0.15, -0.1) is 0 Å². The van der Waals surface area contributed by atoms with Crippen molar-refractivity contribution in [3.8, 4) is 0 Å². The maximum atomic E-state index is 4.78. The first-order valence-electron chi connectivity index (χ1n) is 7.40. The molecule has 0 radical (unpaired) electrons. The van der Waals surface area contributed by atoms with Crippen LogP contribution in [-0.4, -0.2) is 22.1 Å². The van der Waals surface area contributed by atoms with Crippen molar-refractivity contribution in [1.82, 2.24) is 14.9 Å². The summed E-state index contributed by atoms with van der Waals surface area (Å²) >= 11 is 0. The number of aryl methyl sites for hydroxylation is 2. The van der Waals surface area contributed by atoms with Crippen LogP contribution in [0.2, 0.25) is 0 Å². The van der Waals surface area contributed by atoms with Crippen LogP contribution in [0.25, 0.3) is 11.0 Å². The van der Waals surface area contributed by atoms with E-state index in [9.17, 15) is 0 Å². The first kappa shape index (κ1) is 14.1. The Morgan fingerprint density at radius 2 is 2.05 bits per heavy atom. The molecule has 0 atom stereocenters. The highest BCUT2D eigenvalue weighted by molar-refractivity contribution is 5.75. The van der Waals surface area contributed by atoms with E-state index in [4.69, 9.17) is 4.98 Å². The summed E-state index contributed by atoms with van der Waals surface area (Å²) in [6.07, 6.45) is 3.34. The molecule has 2 rings (SSSR count). The van der Waals surface area contributed by atoms with Crippen molar-refractivity contribution in [2.45, 2.75) is 52.6 Å². The van der Waals surface area contributed by atoms with Crippen molar-refractivity contribution in [2.75, 3.05) is 6.54 Å². The first-order valence-corrected chi connectivity index (χ1v) is 7.40. The molecule has 0 aliphatic heterocycles. The Hall–Kier alpha value is -1.35. The Morgan fingerprint density at radius 3 is 2.79 bits per heavy atom. The maximum Gasteiger partial charge on any atom is 0.109 e. The molecule has 3 heteroatoms.